The molecular formula is C24H31NO2. The van der Waals surface area contributed by atoms with Gasteiger partial charge >= 0.3 is 5.97 Å². The van der Waals surface area contributed by atoms with E-state index in [-0.39, 0.29) is 16.8 Å². The van der Waals surface area contributed by atoms with Crippen LogP contribution in [0.2, 0.25) is 0 Å². The lowest BCUT2D eigenvalue weighted by Gasteiger charge is -2.58. The number of carbonyl (C=O) groups excluding carboxylic acids is 1. The van der Waals surface area contributed by atoms with Crippen molar-refractivity contribution in [1.29, 1.82) is 0 Å². The van der Waals surface area contributed by atoms with Crippen molar-refractivity contribution >= 4 is 11.5 Å². The molecule has 0 amide bonds. The number of ether oxygens (including phenoxy) is 1. The van der Waals surface area contributed by atoms with E-state index < -0.39 is 0 Å². The molecule has 0 spiro atoms. The molecule has 3 heteroatoms. The highest BCUT2D eigenvalue weighted by Crippen LogP contribution is 2.66. The standard InChI is InChI=1S/C24H31NO2/c1-23-11-13-27-22(26)14-17(23)5-6-18-20-8-7-19(16-4-3-12-25-15-16)24(20,2)10-9-21(18)23/h3-4,7,12,15,17-18,20-21H,5-6,8-11,13-14H2,1-2H3/t17-,18-,20-,21-,23-,24+/m0/s1. The van der Waals surface area contributed by atoms with E-state index >= 15 is 0 Å². The van der Waals surface area contributed by atoms with Gasteiger partial charge in [0.15, 0.2) is 0 Å². The Morgan fingerprint density at radius 1 is 1.15 bits per heavy atom. The molecule has 3 aliphatic carbocycles. The number of nitrogens with zero attached hydrogens (tertiary/aromatic N) is 1. The van der Waals surface area contributed by atoms with E-state index in [0.29, 0.717) is 18.9 Å². The number of allylic oxidation sites excluding steroid dienone is 2. The third kappa shape index (κ3) is 2.53. The predicted molar refractivity (Wildman–Crippen MR) is 106 cm³/mol. The van der Waals surface area contributed by atoms with Gasteiger partial charge in [-0.05, 0) is 90.2 Å². The molecule has 4 aliphatic rings. The zero-order chi connectivity index (χ0) is 18.6. The molecule has 1 aliphatic heterocycles. The van der Waals surface area contributed by atoms with Crippen molar-refractivity contribution in [2.45, 2.75) is 58.8 Å². The quantitative estimate of drug-likeness (QED) is 0.636. The van der Waals surface area contributed by atoms with Gasteiger partial charge in [-0.1, -0.05) is 26.0 Å². The summed E-state index contributed by atoms with van der Waals surface area (Å²) in [6.45, 7) is 5.60. The molecule has 1 aromatic rings. The lowest BCUT2D eigenvalue weighted by Crippen LogP contribution is -2.51. The van der Waals surface area contributed by atoms with Gasteiger partial charge in [0.05, 0.1) is 6.61 Å². The summed E-state index contributed by atoms with van der Waals surface area (Å²) in [5.41, 5.74) is 3.40. The molecule has 0 aromatic carbocycles. The largest absolute Gasteiger partial charge is 0.466 e. The molecule has 3 fully saturated rings. The van der Waals surface area contributed by atoms with Crippen LogP contribution in [-0.2, 0) is 9.53 Å². The number of esters is 1. The van der Waals surface area contributed by atoms with Crippen LogP contribution in [0.1, 0.15) is 64.4 Å². The molecule has 6 atom stereocenters. The predicted octanol–water partition coefficient (Wildman–Crippen LogP) is 5.27. The Balaban J connectivity index is 1.45. The zero-order valence-corrected chi connectivity index (χ0v) is 16.6. The van der Waals surface area contributed by atoms with Gasteiger partial charge in [-0.3, -0.25) is 9.78 Å². The molecule has 144 valence electrons. The molecule has 0 bridgehead atoms. The maximum absolute atomic E-state index is 12.0. The fraction of sp³-hybridized carbons (Fsp3) is 0.667. The summed E-state index contributed by atoms with van der Waals surface area (Å²) in [5, 5.41) is 0. The summed E-state index contributed by atoms with van der Waals surface area (Å²) < 4.78 is 5.46. The SMILES string of the molecule is C[C@]12CCOC(=O)C[C@@H]1CC[C@@H]1[C@@H]2CC[C@]2(C)C(c3cccnc3)=CC[C@@H]12. The average molecular weight is 366 g/mol. The molecule has 0 N–H and O–H groups in total. The Kier molecular flexibility index (Phi) is 4.00. The van der Waals surface area contributed by atoms with Gasteiger partial charge in [0.25, 0.3) is 0 Å². The maximum atomic E-state index is 12.0. The van der Waals surface area contributed by atoms with E-state index in [1.165, 1.54) is 43.2 Å². The minimum atomic E-state index is 0.0317. The van der Waals surface area contributed by atoms with Crippen molar-refractivity contribution in [2.24, 2.45) is 34.5 Å². The molecule has 2 heterocycles. The first kappa shape index (κ1) is 17.5. The minimum Gasteiger partial charge on any atom is -0.466 e. The first-order valence-corrected chi connectivity index (χ1v) is 10.8. The van der Waals surface area contributed by atoms with Crippen LogP contribution in [0.25, 0.3) is 5.57 Å². The zero-order valence-electron chi connectivity index (χ0n) is 16.6. The molecule has 1 aromatic heterocycles. The Labute approximate surface area is 162 Å². The summed E-state index contributed by atoms with van der Waals surface area (Å²) in [4.78, 5) is 16.4. The molecule has 1 saturated heterocycles. The van der Waals surface area contributed by atoms with Crippen LogP contribution in [0.3, 0.4) is 0 Å². The van der Waals surface area contributed by atoms with Crippen molar-refractivity contribution in [2.75, 3.05) is 6.61 Å². The van der Waals surface area contributed by atoms with Gasteiger partial charge in [0.2, 0.25) is 0 Å². The molecule has 0 radical (unpaired) electrons. The Hall–Kier alpha value is -1.64. The molecule has 5 rings (SSSR count). The summed E-state index contributed by atoms with van der Waals surface area (Å²) in [6.07, 6.45) is 14.3. The minimum absolute atomic E-state index is 0.0317. The monoisotopic (exact) mass is 365 g/mol. The second kappa shape index (κ2) is 6.18. The first-order chi connectivity index (χ1) is 13.0. The number of cyclic esters (lactones) is 1. The number of pyridine rings is 1. The van der Waals surface area contributed by atoms with Crippen LogP contribution in [0.5, 0.6) is 0 Å². The van der Waals surface area contributed by atoms with Crippen LogP contribution in [0.15, 0.2) is 30.6 Å². The number of aromatic nitrogens is 1. The summed E-state index contributed by atoms with van der Waals surface area (Å²) >= 11 is 0. The highest BCUT2D eigenvalue weighted by atomic mass is 16.5. The van der Waals surface area contributed by atoms with E-state index in [2.05, 4.69) is 37.0 Å². The molecule has 2 saturated carbocycles. The number of carbonyl (C=O) groups is 1. The van der Waals surface area contributed by atoms with Gasteiger partial charge in [-0.15, -0.1) is 0 Å². The molecule has 0 unspecified atom stereocenters. The lowest BCUT2D eigenvalue weighted by molar-refractivity contribution is -0.143. The van der Waals surface area contributed by atoms with E-state index in [4.69, 9.17) is 4.74 Å². The molecule has 27 heavy (non-hydrogen) atoms. The maximum Gasteiger partial charge on any atom is 0.306 e. The fourth-order valence-corrected chi connectivity index (χ4v) is 7.44. The van der Waals surface area contributed by atoms with Gasteiger partial charge < -0.3 is 4.74 Å². The lowest BCUT2D eigenvalue weighted by atomic mass is 9.46. The van der Waals surface area contributed by atoms with E-state index in [9.17, 15) is 4.79 Å². The third-order valence-electron chi connectivity index (χ3n) is 8.94. The summed E-state index contributed by atoms with van der Waals surface area (Å²) in [7, 11) is 0. The first-order valence-electron chi connectivity index (χ1n) is 10.8. The van der Waals surface area contributed by atoms with Gasteiger partial charge in [0.1, 0.15) is 0 Å². The van der Waals surface area contributed by atoms with Crippen LogP contribution in [-0.4, -0.2) is 17.6 Å². The smallest absolute Gasteiger partial charge is 0.306 e. The Bertz CT molecular complexity index is 772. The van der Waals surface area contributed by atoms with Crippen molar-refractivity contribution in [1.82, 2.24) is 4.98 Å². The van der Waals surface area contributed by atoms with Crippen LogP contribution < -0.4 is 0 Å². The van der Waals surface area contributed by atoms with E-state index in [0.717, 1.165) is 24.2 Å². The topological polar surface area (TPSA) is 39.2 Å². The second-order valence-electron chi connectivity index (χ2n) is 9.88. The summed E-state index contributed by atoms with van der Waals surface area (Å²) in [5.74, 6) is 2.81. The van der Waals surface area contributed by atoms with Crippen LogP contribution in [0, 0.1) is 34.5 Å². The van der Waals surface area contributed by atoms with Gasteiger partial charge in [0, 0.05) is 18.8 Å². The highest BCUT2D eigenvalue weighted by molar-refractivity contribution is 5.72. The van der Waals surface area contributed by atoms with Crippen molar-refractivity contribution < 1.29 is 9.53 Å². The van der Waals surface area contributed by atoms with Crippen molar-refractivity contribution in [3.8, 4) is 0 Å². The number of rotatable bonds is 1. The highest BCUT2D eigenvalue weighted by Gasteiger charge is 2.58. The van der Waals surface area contributed by atoms with Gasteiger partial charge in [-0.2, -0.15) is 0 Å². The second-order valence-corrected chi connectivity index (χ2v) is 9.88. The van der Waals surface area contributed by atoms with Crippen LogP contribution in [0.4, 0.5) is 0 Å². The molecule has 3 nitrogen and oxygen atoms in total. The fourth-order valence-electron chi connectivity index (χ4n) is 7.44. The third-order valence-corrected chi connectivity index (χ3v) is 8.94. The number of hydrogen-bond acceptors (Lipinski definition) is 3. The van der Waals surface area contributed by atoms with Crippen molar-refractivity contribution in [3.05, 3.63) is 36.2 Å². The van der Waals surface area contributed by atoms with Crippen LogP contribution >= 0.6 is 0 Å². The Morgan fingerprint density at radius 2 is 2.04 bits per heavy atom. The van der Waals surface area contributed by atoms with Crippen molar-refractivity contribution in [3.63, 3.8) is 0 Å². The Morgan fingerprint density at radius 3 is 2.85 bits per heavy atom. The average Bonchev–Trinajstić information content (AvgIpc) is 2.93. The summed E-state index contributed by atoms with van der Waals surface area (Å²) in [6, 6.07) is 4.29. The van der Waals surface area contributed by atoms with E-state index in [1.807, 2.05) is 12.4 Å². The number of hydrogen-bond donors (Lipinski definition) is 0. The number of fused-ring (bicyclic) bond motifs is 5. The molecular weight excluding hydrogens is 334 g/mol. The normalized spacial score (nSPS) is 43.6. The van der Waals surface area contributed by atoms with E-state index in [1.54, 1.807) is 0 Å². The van der Waals surface area contributed by atoms with Gasteiger partial charge in [-0.25, -0.2) is 0 Å².